The van der Waals surface area contributed by atoms with Gasteiger partial charge in [0.15, 0.2) is 6.10 Å². The summed E-state index contributed by atoms with van der Waals surface area (Å²) in [6, 6.07) is 4.92. The van der Waals surface area contributed by atoms with Crippen molar-refractivity contribution in [2.75, 3.05) is 20.1 Å². The molecule has 3 heterocycles. The van der Waals surface area contributed by atoms with Gasteiger partial charge in [0, 0.05) is 39.1 Å². The number of halogens is 2. The molecule has 0 bridgehead atoms. The molecule has 2 aliphatic rings. The van der Waals surface area contributed by atoms with Crippen LogP contribution in [0.1, 0.15) is 24.2 Å². The molecule has 1 atom stereocenters. The van der Waals surface area contributed by atoms with E-state index in [1.807, 2.05) is 16.8 Å². The van der Waals surface area contributed by atoms with Crippen LogP contribution >= 0.6 is 11.6 Å². The van der Waals surface area contributed by atoms with Crippen LogP contribution in [0.15, 0.2) is 30.6 Å². The minimum atomic E-state index is -0.555. The van der Waals surface area contributed by atoms with Crippen LogP contribution in [0.2, 0.25) is 5.02 Å². The van der Waals surface area contributed by atoms with E-state index in [0.717, 1.165) is 37.3 Å². The van der Waals surface area contributed by atoms with Gasteiger partial charge in [-0.05, 0) is 30.5 Å². The Hall–Kier alpha value is -1.96. The third-order valence-corrected chi connectivity index (χ3v) is 5.75. The van der Waals surface area contributed by atoms with E-state index in [0.29, 0.717) is 13.1 Å². The van der Waals surface area contributed by atoms with Crippen LogP contribution in [-0.2, 0) is 28.2 Å². The number of aromatic nitrogens is 2. The maximum absolute atomic E-state index is 13.7. The number of rotatable bonds is 3. The fourth-order valence-corrected chi connectivity index (χ4v) is 4.12. The number of likely N-dealkylation sites (tertiary alicyclic amines) is 1. The average Bonchev–Trinajstić information content (AvgIpc) is 3.15. The number of benzene rings is 1. The van der Waals surface area contributed by atoms with Crippen molar-refractivity contribution in [3.05, 3.63) is 52.8 Å². The molecule has 1 fully saturated rings. The highest BCUT2D eigenvalue weighted by Gasteiger charge is 2.46. The molecule has 27 heavy (non-hydrogen) atoms. The fraction of sp³-hybridized carbons (Fsp3) is 0.474. The highest BCUT2D eigenvalue weighted by Crippen LogP contribution is 2.40. The highest BCUT2D eigenvalue weighted by molar-refractivity contribution is 6.30. The Morgan fingerprint density at radius 1 is 1.44 bits per heavy atom. The second-order valence-corrected chi connectivity index (χ2v) is 7.55. The average molecular weight is 393 g/mol. The third kappa shape index (κ3) is 3.47. The Labute approximate surface area is 162 Å². The minimum Gasteiger partial charge on any atom is -0.357 e. The lowest BCUT2D eigenvalue weighted by atomic mass is 9.88. The van der Waals surface area contributed by atoms with Crippen molar-refractivity contribution in [2.45, 2.75) is 37.6 Å². The molecular formula is C19H22ClFN4O2. The molecule has 1 N–H and O–H groups in total. The largest absolute Gasteiger partial charge is 0.357 e. The first-order chi connectivity index (χ1) is 13.0. The lowest BCUT2D eigenvalue weighted by Gasteiger charge is -2.45. The summed E-state index contributed by atoms with van der Waals surface area (Å²) in [7, 11) is 1.62. The van der Waals surface area contributed by atoms with Crippen molar-refractivity contribution in [3.63, 3.8) is 0 Å². The molecule has 0 aliphatic carbocycles. The van der Waals surface area contributed by atoms with Gasteiger partial charge < -0.3 is 14.6 Å². The van der Waals surface area contributed by atoms with Crippen molar-refractivity contribution >= 4 is 17.5 Å². The molecule has 1 saturated heterocycles. The van der Waals surface area contributed by atoms with Crippen LogP contribution in [0.4, 0.5) is 4.39 Å². The summed E-state index contributed by atoms with van der Waals surface area (Å²) in [5.74, 6) is 0.376. The van der Waals surface area contributed by atoms with Gasteiger partial charge in [-0.2, -0.15) is 0 Å². The second kappa shape index (κ2) is 7.22. The molecule has 2 aliphatic heterocycles. The molecule has 1 aromatic carbocycles. The van der Waals surface area contributed by atoms with Crippen molar-refractivity contribution < 1.29 is 13.9 Å². The van der Waals surface area contributed by atoms with E-state index in [-0.39, 0.29) is 10.9 Å². The molecule has 1 amide bonds. The number of hydrogen-bond donors (Lipinski definition) is 1. The summed E-state index contributed by atoms with van der Waals surface area (Å²) in [4.78, 5) is 18.9. The predicted octanol–water partition coefficient (Wildman–Crippen LogP) is 2.31. The minimum absolute atomic E-state index is 0.118. The van der Waals surface area contributed by atoms with Gasteiger partial charge in [0.2, 0.25) is 0 Å². The Morgan fingerprint density at radius 2 is 2.22 bits per heavy atom. The predicted molar refractivity (Wildman–Crippen MR) is 98.8 cm³/mol. The van der Waals surface area contributed by atoms with Crippen LogP contribution < -0.4 is 5.32 Å². The van der Waals surface area contributed by atoms with E-state index in [1.165, 1.54) is 6.07 Å². The van der Waals surface area contributed by atoms with Crippen LogP contribution in [0, 0.1) is 5.82 Å². The van der Waals surface area contributed by atoms with E-state index in [4.69, 9.17) is 16.3 Å². The van der Waals surface area contributed by atoms with Gasteiger partial charge in [-0.25, -0.2) is 9.37 Å². The van der Waals surface area contributed by atoms with Crippen molar-refractivity contribution in [2.24, 2.45) is 0 Å². The van der Waals surface area contributed by atoms with E-state index < -0.39 is 17.5 Å². The number of likely N-dealkylation sites (N-methyl/N-ethyl adjacent to an activating group) is 1. The zero-order valence-electron chi connectivity index (χ0n) is 15.1. The van der Waals surface area contributed by atoms with Crippen molar-refractivity contribution in [1.82, 2.24) is 19.8 Å². The molecule has 4 rings (SSSR count). The Balaban J connectivity index is 1.48. The van der Waals surface area contributed by atoms with Crippen molar-refractivity contribution in [1.29, 1.82) is 0 Å². The first kappa shape index (κ1) is 18.4. The summed E-state index contributed by atoms with van der Waals surface area (Å²) in [5.41, 5.74) is 0.336. The van der Waals surface area contributed by atoms with Gasteiger partial charge in [0.05, 0.1) is 11.6 Å². The lowest BCUT2D eigenvalue weighted by Crippen LogP contribution is -2.53. The summed E-state index contributed by atoms with van der Waals surface area (Å²) in [6.45, 7) is 2.68. The molecular weight excluding hydrogens is 371 g/mol. The normalized spacial score (nSPS) is 21.8. The van der Waals surface area contributed by atoms with Crippen LogP contribution in [0.25, 0.3) is 0 Å². The fourth-order valence-electron chi connectivity index (χ4n) is 4.00. The number of piperidine rings is 1. The van der Waals surface area contributed by atoms with Gasteiger partial charge in [-0.3, -0.25) is 9.69 Å². The molecule has 0 unspecified atom stereocenters. The molecule has 2 aromatic rings. The number of nitrogens with zero attached hydrogens (tertiary/aromatic N) is 3. The zero-order chi connectivity index (χ0) is 19.0. The molecule has 1 spiro atoms. The van der Waals surface area contributed by atoms with E-state index in [2.05, 4.69) is 15.2 Å². The lowest BCUT2D eigenvalue weighted by molar-refractivity contribution is -0.173. The molecule has 144 valence electrons. The molecule has 0 saturated carbocycles. The summed E-state index contributed by atoms with van der Waals surface area (Å²) < 4.78 is 22.0. The maximum Gasteiger partial charge on any atom is 0.250 e. The van der Waals surface area contributed by atoms with Gasteiger partial charge in [-0.15, -0.1) is 0 Å². The molecule has 6 nitrogen and oxygen atoms in total. The monoisotopic (exact) mass is 392 g/mol. The van der Waals surface area contributed by atoms with Gasteiger partial charge in [0.25, 0.3) is 5.91 Å². The SMILES string of the molecule is CNC(=O)[C@@H]1Cn2ccnc2C2(CCN(Cc3ccc(Cl)c(F)c3)CC2)O1. The number of imidazole rings is 1. The number of amides is 1. The van der Waals surface area contributed by atoms with Crippen molar-refractivity contribution in [3.8, 4) is 0 Å². The quantitative estimate of drug-likeness (QED) is 0.870. The number of hydrogen-bond acceptors (Lipinski definition) is 4. The first-order valence-electron chi connectivity index (χ1n) is 9.08. The van der Waals surface area contributed by atoms with Gasteiger partial charge in [-0.1, -0.05) is 17.7 Å². The van der Waals surface area contributed by atoms with Gasteiger partial charge >= 0.3 is 0 Å². The number of carbonyl (C=O) groups excluding carboxylic acids is 1. The first-order valence-corrected chi connectivity index (χ1v) is 9.46. The molecule has 1 aromatic heterocycles. The summed E-state index contributed by atoms with van der Waals surface area (Å²) in [5, 5.41) is 2.81. The van der Waals surface area contributed by atoms with Gasteiger partial charge in [0.1, 0.15) is 17.2 Å². The zero-order valence-corrected chi connectivity index (χ0v) is 15.9. The Bertz CT molecular complexity index is 848. The number of carbonyl (C=O) groups is 1. The summed E-state index contributed by atoms with van der Waals surface area (Å²) in [6.07, 6.45) is 4.60. The van der Waals surface area contributed by atoms with E-state index >= 15 is 0 Å². The number of fused-ring (bicyclic) bond motifs is 2. The number of nitrogens with one attached hydrogen (secondary N) is 1. The Kier molecular flexibility index (Phi) is 4.92. The van der Waals surface area contributed by atoms with Crippen LogP contribution in [-0.4, -0.2) is 46.6 Å². The van der Waals surface area contributed by atoms with Crippen LogP contribution in [0.3, 0.4) is 0 Å². The standard InChI is InChI=1S/C19H22ClFN4O2/c1-22-17(26)16-12-25-9-6-23-18(25)19(27-16)4-7-24(8-5-19)11-13-2-3-14(20)15(21)10-13/h2-3,6,9-10,16H,4-5,7-8,11-12H2,1H3,(H,22,26)/t16-/m0/s1. The topological polar surface area (TPSA) is 59.4 Å². The maximum atomic E-state index is 13.7. The third-order valence-electron chi connectivity index (χ3n) is 5.45. The molecule has 8 heteroatoms. The smallest absolute Gasteiger partial charge is 0.250 e. The molecule has 0 radical (unpaired) electrons. The Morgan fingerprint density at radius 3 is 2.93 bits per heavy atom. The number of ether oxygens (including phenoxy) is 1. The summed E-state index contributed by atoms with van der Waals surface area (Å²) >= 11 is 5.76. The second-order valence-electron chi connectivity index (χ2n) is 7.14. The van der Waals surface area contributed by atoms with Crippen LogP contribution in [0.5, 0.6) is 0 Å². The van der Waals surface area contributed by atoms with E-state index in [9.17, 15) is 9.18 Å². The highest BCUT2D eigenvalue weighted by atomic mass is 35.5. The van der Waals surface area contributed by atoms with E-state index in [1.54, 1.807) is 19.3 Å².